The number of benzene rings is 1. The molecule has 0 radical (unpaired) electrons. The average molecular weight is 288 g/mol. The summed E-state index contributed by atoms with van der Waals surface area (Å²) in [5.74, 6) is -0.817. The van der Waals surface area contributed by atoms with Crippen LogP contribution in [0.5, 0.6) is 0 Å². The third-order valence-electron chi connectivity index (χ3n) is 3.76. The van der Waals surface area contributed by atoms with E-state index < -0.39 is 5.97 Å². The Morgan fingerprint density at radius 1 is 1.35 bits per heavy atom. The van der Waals surface area contributed by atoms with Crippen LogP contribution in [-0.4, -0.2) is 16.1 Å². The predicted molar refractivity (Wildman–Crippen MR) is 77.4 cm³/mol. The van der Waals surface area contributed by atoms with E-state index in [0.717, 1.165) is 30.5 Å². The number of carbonyl (C=O) groups is 1. The average Bonchev–Trinajstić information content (AvgIpc) is 2.46. The van der Waals surface area contributed by atoms with E-state index in [2.05, 4.69) is 11.1 Å². The molecule has 1 aromatic heterocycles. The van der Waals surface area contributed by atoms with E-state index in [1.54, 1.807) is 12.3 Å². The van der Waals surface area contributed by atoms with Crippen LogP contribution >= 0.6 is 11.6 Å². The van der Waals surface area contributed by atoms with Gasteiger partial charge in [0.1, 0.15) is 0 Å². The van der Waals surface area contributed by atoms with Gasteiger partial charge in [-0.2, -0.15) is 0 Å². The molecule has 0 amide bonds. The van der Waals surface area contributed by atoms with Crippen molar-refractivity contribution in [3.63, 3.8) is 0 Å². The van der Waals surface area contributed by atoms with Crippen LogP contribution in [0.25, 0.3) is 0 Å². The topological polar surface area (TPSA) is 50.2 Å². The first-order chi connectivity index (χ1) is 9.65. The van der Waals surface area contributed by atoms with Gasteiger partial charge in [-0.1, -0.05) is 17.7 Å². The molecule has 20 heavy (non-hydrogen) atoms. The van der Waals surface area contributed by atoms with Gasteiger partial charge in [0, 0.05) is 17.1 Å². The molecule has 0 spiro atoms. The first-order valence-corrected chi connectivity index (χ1v) is 7.00. The Morgan fingerprint density at radius 2 is 2.20 bits per heavy atom. The van der Waals surface area contributed by atoms with Crippen molar-refractivity contribution in [2.75, 3.05) is 0 Å². The Labute approximate surface area is 122 Å². The second-order valence-electron chi connectivity index (χ2n) is 5.07. The minimum Gasteiger partial charge on any atom is -0.478 e. The molecule has 0 saturated heterocycles. The molecule has 1 N–H and O–H groups in total. The Hall–Kier alpha value is -1.87. The van der Waals surface area contributed by atoms with Gasteiger partial charge in [-0.25, -0.2) is 4.79 Å². The quantitative estimate of drug-likeness (QED) is 0.911. The number of carboxylic acid groups (broad SMARTS) is 1. The van der Waals surface area contributed by atoms with Crippen LogP contribution < -0.4 is 0 Å². The highest BCUT2D eigenvalue weighted by molar-refractivity contribution is 6.31. The number of hydrogen-bond acceptors (Lipinski definition) is 2. The van der Waals surface area contributed by atoms with Crippen molar-refractivity contribution >= 4 is 17.6 Å². The van der Waals surface area contributed by atoms with Gasteiger partial charge in [0.25, 0.3) is 0 Å². The molecule has 3 rings (SSSR count). The highest BCUT2D eigenvalue weighted by Gasteiger charge is 2.24. The second kappa shape index (κ2) is 5.25. The molecule has 102 valence electrons. The van der Waals surface area contributed by atoms with Gasteiger partial charge in [-0.05, 0) is 54.7 Å². The zero-order chi connectivity index (χ0) is 14.1. The number of halogens is 1. The lowest BCUT2D eigenvalue weighted by atomic mass is 9.82. The van der Waals surface area contributed by atoms with Crippen LogP contribution in [0.2, 0.25) is 5.02 Å². The molecule has 0 bridgehead atoms. The van der Waals surface area contributed by atoms with E-state index in [1.165, 1.54) is 11.6 Å². The van der Waals surface area contributed by atoms with Crippen molar-refractivity contribution in [3.05, 3.63) is 63.9 Å². The summed E-state index contributed by atoms with van der Waals surface area (Å²) in [4.78, 5) is 15.7. The normalized spacial score (nSPS) is 17.6. The van der Waals surface area contributed by atoms with E-state index in [1.807, 2.05) is 12.1 Å². The van der Waals surface area contributed by atoms with Crippen molar-refractivity contribution in [2.24, 2.45) is 0 Å². The number of rotatable bonds is 2. The van der Waals surface area contributed by atoms with Gasteiger partial charge in [0.15, 0.2) is 0 Å². The van der Waals surface area contributed by atoms with Crippen LogP contribution in [0.15, 0.2) is 36.5 Å². The maximum atomic E-state index is 11.2. The SMILES string of the molecule is O=C(O)c1cc(Cl)cc(C2CCCc3cccnc32)c1. The summed E-state index contributed by atoms with van der Waals surface area (Å²) >= 11 is 6.06. The molecule has 1 atom stereocenters. The number of aryl methyl sites for hydroxylation is 1. The lowest BCUT2D eigenvalue weighted by molar-refractivity contribution is 0.0696. The monoisotopic (exact) mass is 287 g/mol. The third kappa shape index (κ3) is 2.41. The van der Waals surface area contributed by atoms with Gasteiger partial charge in [-0.3, -0.25) is 4.98 Å². The molecule has 1 aromatic carbocycles. The maximum absolute atomic E-state index is 11.2. The summed E-state index contributed by atoms with van der Waals surface area (Å²) < 4.78 is 0. The van der Waals surface area contributed by atoms with Crippen molar-refractivity contribution in [2.45, 2.75) is 25.2 Å². The summed E-state index contributed by atoms with van der Waals surface area (Å²) in [6.07, 6.45) is 4.88. The molecule has 0 saturated carbocycles. The van der Waals surface area contributed by atoms with Gasteiger partial charge < -0.3 is 5.11 Å². The Bertz CT molecular complexity index is 669. The maximum Gasteiger partial charge on any atom is 0.335 e. The first-order valence-electron chi connectivity index (χ1n) is 6.63. The number of aromatic nitrogens is 1. The molecule has 0 aliphatic heterocycles. The summed E-state index contributed by atoms with van der Waals surface area (Å²) in [5, 5.41) is 9.61. The molecule has 0 fully saturated rings. The lowest BCUT2D eigenvalue weighted by Crippen LogP contribution is -2.13. The number of fused-ring (bicyclic) bond motifs is 1. The van der Waals surface area contributed by atoms with Crippen molar-refractivity contribution in [3.8, 4) is 0 Å². The molecule has 3 nitrogen and oxygen atoms in total. The summed E-state index contributed by atoms with van der Waals surface area (Å²) in [5.41, 5.74) is 3.48. The van der Waals surface area contributed by atoms with Gasteiger partial charge >= 0.3 is 5.97 Å². The van der Waals surface area contributed by atoms with E-state index in [9.17, 15) is 4.79 Å². The fourth-order valence-electron chi connectivity index (χ4n) is 2.87. The Kier molecular flexibility index (Phi) is 3.45. The largest absolute Gasteiger partial charge is 0.478 e. The zero-order valence-corrected chi connectivity index (χ0v) is 11.6. The molecule has 1 unspecified atom stereocenters. The fraction of sp³-hybridized carbons (Fsp3) is 0.250. The summed E-state index contributed by atoms with van der Waals surface area (Å²) in [6, 6.07) is 9.08. The molecular formula is C16H14ClNO2. The second-order valence-corrected chi connectivity index (χ2v) is 5.51. The van der Waals surface area contributed by atoms with E-state index in [0.29, 0.717) is 5.02 Å². The van der Waals surface area contributed by atoms with Gasteiger partial charge in [-0.15, -0.1) is 0 Å². The minimum atomic E-state index is -0.953. The zero-order valence-electron chi connectivity index (χ0n) is 10.8. The Morgan fingerprint density at radius 3 is 3.00 bits per heavy atom. The number of aromatic carboxylic acids is 1. The van der Waals surface area contributed by atoms with Crippen LogP contribution in [0.3, 0.4) is 0 Å². The molecule has 2 aromatic rings. The first kappa shape index (κ1) is 13.1. The Balaban J connectivity index is 2.08. The van der Waals surface area contributed by atoms with E-state index in [-0.39, 0.29) is 11.5 Å². The van der Waals surface area contributed by atoms with Crippen molar-refractivity contribution in [1.82, 2.24) is 4.98 Å². The van der Waals surface area contributed by atoms with Gasteiger partial charge in [0.2, 0.25) is 0 Å². The number of nitrogens with zero attached hydrogens (tertiary/aromatic N) is 1. The summed E-state index contributed by atoms with van der Waals surface area (Å²) in [6.45, 7) is 0. The smallest absolute Gasteiger partial charge is 0.335 e. The van der Waals surface area contributed by atoms with Crippen LogP contribution in [0, 0.1) is 0 Å². The number of carboxylic acids is 1. The predicted octanol–water partition coefficient (Wildman–Crippen LogP) is 3.90. The van der Waals surface area contributed by atoms with E-state index in [4.69, 9.17) is 16.7 Å². The van der Waals surface area contributed by atoms with Crippen LogP contribution in [0.1, 0.15) is 45.9 Å². The van der Waals surface area contributed by atoms with Crippen LogP contribution in [-0.2, 0) is 6.42 Å². The fourth-order valence-corrected chi connectivity index (χ4v) is 3.11. The molecular weight excluding hydrogens is 274 g/mol. The lowest BCUT2D eigenvalue weighted by Gasteiger charge is -2.25. The number of hydrogen-bond donors (Lipinski definition) is 1. The van der Waals surface area contributed by atoms with Gasteiger partial charge in [0.05, 0.1) is 11.3 Å². The van der Waals surface area contributed by atoms with Crippen molar-refractivity contribution in [1.29, 1.82) is 0 Å². The highest BCUT2D eigenvalue weighted by atomic mass is 35.5. The minimum absolute atomic E-state index is 0.136. The van der Waals surface area contributed by atoms with E-state index >= 15 is 0 Å². The van der Waals surface area contributed by atoms with Crippen LogP contribution in [0.4, 0.5) is 0 Å². The summed E-state index contributed by atoms with van der Waals surface area (Å²) in [7, 11) is 0. The van der Waals surface area contributed by atoms with Crippen molar-refractivity contribution < 1.29 is 9.90 Å². The molecule has 1 heterocycles. The molecule has 4 heteroatoms. The standard InChI is InChI=1S/C16H14ClNO2/c17-13-8-11(7-12(9-13)16(19)20)14-5-1-3-10-4-2-6-18-15(10)14/h2,4,6-9,14H,1,3,5H2,(H,19,20). The molecule has 1 aliphatic rings. The number of pyridine rings is 1. The highest BCUT2D eigenvalue weighted by Crippen LogP contribution is 2.36. The molecule has 1 aliphatic carbocycles. The third-order valence-corrected chi connectivity index (χ3v) is 3.98.